The molecule has 144 valence electrons. The number of carbonyl (C=O) groups is 2. The van der Waals surface area contributed by atoms with Gasteiger partial charge in [-0.25, -0.2) is 4.79 Å². The molecule has 0 amide bonds. The molecule has 3 atom stereocenters. The summed E-state index contributed by atoms with van der Waals surface area (Å²) in [7, 11) is 3.86. The molecular weight excluding hydrogens is 330 g/mol. The molecule has 26 heavy (non-hydrogen) atoms. The summed E-state index contributed by atoms with van der Waals surface area (Å²) in [6, 6.07) is -0.205. The second kappa shape index (κ2) is 9.17. The molecule has 5 nitrogen and oxygen atoms in total. The zero-order valence-corrected chi connectivity index (χ0v) is 16.3. The topological polar surface area (TPSA) is 66.8 Å². The molecule has 0 aromatic heterocycles. The number of esters is 1. The standard InChI is InChI=1S/C21H31NO4/c1-14-7-5-9-16(20(23)24)10-6-8-15(2)13-18-17(12-11-14)19(22(3)4)21(25)26-18/h7,10,13,17-19H,5-6,8-9,11-12H2,1-4H3,(H,23,24)/b14-7+,15-13+,16-10-/t17-,18+,19+/m0/s1. The van der Waals surface area contributed by atoms with Gasteiger partial charge < -0.3 is 9.84 Å². The van der Waals surface area contributed by atoms with Crippen LogP contribution in [0, 0.1) is 5.92 Å². The number of likely N-dealkylation sites (N-methyl/N-ethyl adjacent to an activating group) is 1. The normalized spacial score (nSPS) is 34.4. The van der Waals surface area contributed by atoms with E-state index in [2.05, 4.69) is 19.1 Å². The van der Waals surface area contributed by atoms with Gasteiger partial charge in [-0.05, 0) is 72.5 Å². The second-order valence-corrected chi connectivity index (χ2v) is 7.69. The van der Waals surface area contributed by atoms with Crippen LogP contribution in [0.1, 0.15) is 52.4 Å². The molecule has 0 radical (unpaired) electrons. The van der Waals surface area contributed by atoms with E-state index >= 15 is 0 Å². The number of hydrogen-bond donors (Lipinski definition) is 1. The molecule has 0 spiro atoms. The number of carboxylic acids is 1. The number of aliphatic carboxylic acids is 1. The van der Waals surface area contributed by atoms with Gasteiger partial charge in [-0.15, -0.1) is 0 Å². The third kappa shape index (κ3) is 5.31. The molecule has 0 aromatic carbocycles. The van der Waals surface area contributed by atoms with Gasteiger partial charge in [0, 0.05) is 11.5 Å². The minimum absolute atomic E-state index is 0.142. The summed E-state index contributed by atoms with van der Waals surface area (Å²) in [5.74, 6) is -0.833. The Morgan fingerprint density at radius 2 is 1.81 bits per heavy atom. The van der Waals surface area contributed by atoms with Crippen molar-refractivity contribution >= 4 is 11.9 Å². The molecule has 2 rings (SSSR count). The van der Waals surface area contributed by atoms with Crippen molar-refractivity contribution in [3.05, 3.63) is 34.9 Å². The molecule has 5 heteroatoms. The number of nitrogens with zero attached hydrogens (tertiary/aromatic N) is 1. The van der Waals surface area contributed by atoms with Gasteiger partial charge in [-0.1, -0.05) is 23.3 Å². The highest BCUT2D eigenvalue weighted by molar-refractivity contribution is 5.86. The van der Waals surface area contributed by atoms with Crippen LogP contribution in [0.4, 0.5) is 0 Å². The predicted octanol–water partition coefficient (Wildman–Crippen LogP) is 3.72. The summed E-state index contributed by atoms with van der Waals surface area (Å²) in [5.41, 5.74) is 2.86. The summed E-state index contributed by atoms with van der Waals surface area (Å²) in [6.45, 7) is 4.10. The van der Waals surface area contributed by atoms with Gasteiger partial charge in [0.05, 0.1) is 0 Å². The van der Waals surface area contributed by atoms with E-state index in [1.165, 1.54) is 5.57 Å². The largest absolute Gasteiger partial charge is 0.478 e. The number of carboxylic acid groups (broad SMARTS) is 1. The Bertz CT molecular complexity index is 630. The van der Waals surface area contributed by atoms with Crippen LogP contribution in [0.15, 0.2) is 34.9 Å². The summed E-state index contributed by atoms with van der Waals surface area (Å²) >= 11 is 0. The maximum absolute atomic E-state index is 12.3. The first-order chi connectivity index (χ1) is 12.3. The summed E-state index contributed by atoms with van der Waals surface area (Å²) in [5, 5.41) is 9.34. The van der Waals surface area contributed by atoms with Gasteiger partial charge in [0.25, 0.3) is 0 Å². The third-order valence-electron chi connectivity index (χ3n) is 5.31. The van der Waals surface area contributed by atoms with E-state index in [1.54, 1.807) is 0 Å². The minimum Gasteiger partial charge on any atom is -0.478 e. The molecule has 0 unspecified atom stereocenters. The first-order valence-corrected chi connectivity index (χ1v) is 9.41. The Morgan fingerprint density at radius 3 is 2.46 bits per heavy atom. The lowest BCUT2D eigenvalue weighted by Crippen LogP contribution is -2.38. The molecule has 0 bridgehead atoms. The van der Waals surface area contributed by atoms with Crippen molar-refractivity contribution in [1.29, 1.82) is 0 Å². The summed E-state index contributed by atoms with van der Waals surface area (Å²) in [4.78, 5) is 25.7. The molecule has 1 saturated heterocycles. The minimum atomic E-state index is -0.830. The molecule has 1 fully saturated rings. The fourth-order valence-electron chi connectivity index (χ4n) is 3.82. The van der Waals surface area contributed by atoms with E-state index in [-0.39, 0.29) is 24.0 Å². The van der Waals surface area contributed by atoms with Crippen LogP contribution in [0.3, 0.4) is 0 Å². The average molecular weight is 361 g/mol. The SMILES string of the molecule is C/C1=C\[C@H]2OC(=O)[C@H](N(C)C)[C@H]2CC/C(C)=C/CC/C(C(=O)O)=C/CC1. The summed E-state index contributed by atoms with van der Waals surface area (Å²) < 4.78 is 5.68. The lowest BCUT2D eigenvalue weighted by molar-refractivity contribution is -0.143. The van der Waals surface area contributed by atoms with Gasteiger partial charge >= 0.3 is 11.9 Å². The summed E-state index contributed by atoms with van der Waals surface area (Å²) in [6.07, 6.45) is 10.3. The molecule has 0 saturated carbocycles. The highest BCUT2D eigenvalue weighted by atomic mass is 16.6. The van der Waals surface area contributed by atoms with Gasteiger partial charge in [0.2, 0.25) is 0 Å². The third-order valence-corrected chi connectivity index (χ3v) is 5.31. The van der Waals surface area contributed by atoms with Crippen LogP contribution in [0.25, 0.3) is 0 Å². The smallest absolute Gasteiger partial charge is 0.331 e. The van der Waals surface area contributed by atoms with Crippen molar-refractivity contribution in [2.75, 3.05) is 14.1 Å². The number of rotatable bonds is 2. The Morgan fingerprint density at radius 1 is 1.12 bits per heavy atom. The monoisotopic (exact) mass is 361 g/mol. The van der Waals surface area contributed by atoms with E-state index in [9.17, 15) is 14.7 Å². The highest BCUT2D eigenvalue weighted by Gasteiger charge is 2.44. The number of ether oxygens (including phenoxy) is 1. The van der Waals surface area contributed by atoms with Crippen molar-refractivity contribution in [3.8, 4) is 0 Å². The van der Waals surface area contributed by atoms with Gasteiger partial charge in [-0.3, -0.25) is 9.69 Å². The molecular formula is C21H31NO4. The Kier molecular flexibility index (Phi) is 7.21. The zero-order chi connectivity index (χ0) is 19.3. The van der Waals surface area contributed by atoms with Crippen LogP contribution in [0.5, 0.6) is 0 Å². The fourth-order valence-corrected chi connectivity index (χ4v) is 3.82. The van der Waals surface area contributed by atoms with Gasteiger partial charge in [0.1, 0.15) is 12.1 Å². The van der Waals surface area contributed by atoms with E-state index in [0.29, 0.717) is 18.4 Å². The quantitative estimate of drug-likeness (QED) is 0.600. The first kappa shape index (κ1) is 20.4. The molecule has 1 aliphatic carbocycles. The lowest BCUT2D eigenvalue weighted by atomic mass is 9.88. The maximum atomic E-state index is 12.3. The lowest BCUT2D eigenvalue weighted by Gasteiger charge is -2.24. The van der Waals surface area contributed by atoms with E-state index in [0.717, 1.165) is 31.3 Å². The number of allylic oxidation sites excluding steroid dienone is 4. The van der Waals surface area contributed by atoms with Gasteiger partial charge in [-0.2, -0.15) is 0 Å². The van der Waals surface area contributed by atoms with Crippen LogP contribution >= 0.6 is 0 Å². The van der Waals surface area contributed by atoms with Crippen molar-refractivity contribution < 1.29 is 19.4 Å². The molecule has 1 N–H and O–H groups in total. The Labute approximate surface area is 156 Å². The fraction of sp³-hybridized carbons (Fsp3) is 0.619. The Balaban J connectivity index is 2.27. The van der Waals surface area contributed by atoms with E-state index < -0.39 is 5.97 Å². The molecule has 0 aromatic rings. The molecule has 1 aliphatic heterocycles. The van der Waals surface area contributed by atoms with Crippen LogP contribution in [0.2, 0.25) is 0 Å². The van der Waals surface area contributed by atoms with Gasteiger partial charge in [0.15, 0.2) is 0 Å². The predicted molar refractivity (Wildman–Crippen MR) is 102 cm³/mol. The van der Waals surface area contributed by atoms with Crippen molar-refractivity contribution in [2.24, 2.45) is 5.92 Å². The molecule has 1 heterocycles. The highest BCUT2D eigenvalue weighted by Crippen LogP contribution is 2.33. The first-order valence-electron chi connectivity index (χ1n) is 9.41. The van der Waals surface area contributed by atoms with E-state index in [4.69, 9.17) is 4.74 Å². The average Bonchev–Trinajstić information content (AvgIpc) is 2.85. The Hall–Kier alpha value is -1.88. The van der Waals surface area contributed by atoms with Crippen LogP contribution in [-0.4, -0.2) is 48.2 Å². The number of fused-ring (bicyclic) bond motifs is 1. The maximum Gasteiger partial charge on any atom is 0.331 e. The zero-order valence-electron chi connectivity index (χ0n) is 16.3. The van der Waals surface area contributed by atoms with Crippen LogP contribution < -0.4 is 0 Å². The van der Waals surface area contributed by atoms with Crippen molar-refractivity contribution in [2.45, 2.75) is 64.5 Å². The van der Waals surface area contributed by atoms with E-state index in [1.807, 2.05) is 32.0 Å². The van der Waals surface area contributed by atoms with Crippen molar-refractivity contribution in [3.63, 3.8) is 0 Å². The number of hydrogen-bond acceptors (Lipinski definition) is 4. The number of carbonyl (C=O) groups excluding carboxylic acids is 1. The van der Waals surface area contributed by atoms with Crippen molar-refractivity contribution in [1.82, 2.24) is 4.90 Å². The molecule has 2 aliphatic rings. The van der Waals surface area contributed by atoms with Crippen LogP contribution in [-0.2, 0) is 14.3 Å². The second-order valence-electron chi connectivity index (χ2n) is 7.69.